The Morgan fingerprint density at radius 3 is 2.95 bits per heavy atom. The van der Waals surface area contributed by atoms with E-state index in [1.54, 1.807) is 4.90 Å². The van der Waals surface area contributed by atoms with Crippen LogP contribution in [0.15, 0.2) is 18.2 Å². The highest BCUT2D eigenvalue weighted by Gasteiger charge is 2.33. The Morgan fingerprint density at radius 1 is 1.36 bits per heavy atom. The number of carbonyl (C=O) groups excluding carboxylic acids is 1. The minimum atomic E-state index is -0.497. The second kappa shape index (κ2) is 6.40. The number of hydrogen-bond donors (Lipinski definition) is 1. The van der Waals surface area contributed by atoms with E-state index in [2.05, 4.69) is 17.3 Å². The molecule has 2 heterocycles. The average Bonchev–Trinajstić information content (AvgIpc) is 2.71. The van der Waals surface area contributed by atoms with Crippen LogP contribution in [-0.4, -0.2) is 61.8 Å². The molecule has 1 aromatic rings. The van der Waals surface area contributed by atoms with E-state index >= 15 is 0 Å². The molecule has 7 heteroatoms. The lowest BCUT2D eigenvalue weighted by atomic mass is 10.1. The lowest BCUT2D eigenvalue weighted by Gasteiger charge is -2.29. The van der Waals surface area contributed by atoms with Crippen molar-refractivity contribution >= 4 is 23.3 Å². The largest absolute Gasteiger partial charge is 0.379 e. The van der Waals surface area contributed by atoms with Crippen molar-refractivity contribution in [1.29, 1.82) is 0 Å². The topological polar surface area (TPSA) is 44.8 Å². The first-order valence-corrected chi connectivity index (χ1v) is 7.69. The molecule has 0 saturated carbocycles. The summed E-state index contributed by atoms with van der Waals surface area (Å²) in [4.78, 5) is 16.5. The predicted octanol–water partition coefficient (Wildman–Crippen LogP) is 2.27. The lowest BCUT2D eigenvalue weighted by molar-refractivity contribution is 0.0643. The van der Waals surface area contributed by atoms with Crippen LogP contribution in [0.4, 0.5) is 14.9 Å². The van der Waals surface area contributed by atoms with Gasteiger partial charge in [0.1, 0.15) is 5.82 Å². The van der Waals surface area contributed by atoms with Crippen LogP contribution in [0.3, 0.4) is 0 Å². The second-order valence-corrected chi connectivity index (χ2v) is 6.37. The fourth-order valence-corrected chi connectivity index (χ4v) is 3.17. The molecule has 1 aromatic carbocycles. The van der Waals surface area contributed by atoms with Crippen molar-refractivity contribution in [2.45, 2.75) is 6.04 Å². The molecule has 3 rings (SSSR count). The highest BCUT2D eigenvalue weighted by Crippen LogP contribution is 2.22. The molecule has 2 saturated heterocycles. The van der Waals surface area contributed by atoms with Gasteiger partial charge in [0.15, 0.2) is 0 Å². The summed E-state index contributed by atoms with van der Waals surface area (Å²) in [5.41, 5.74) is 0.496. The molecule has 120 valence electrons. The van der Waals surface area contributed by atoms with Gasteiger partial charge < -0.3 is 15.0 Å². The molecule has 0 aliphatic carbocycles. The summed E-state index contributed by atoms with van der Waals surface area (Å²) in [6.45, 7) is 3.51. The number of carbonyl (C=O) groups is 1. The summed E-state index contributed by atoms with van der Waals surface area (Å²) in [6.07, 6.45) is 0. The van der Waals surface area contributed by atoms with Crippen LogP contribution < -0.4 is 5.32 Å². The average molecular weight is 328 g/mol. The van der Waals surface area contributed by atoms with Crippen LogP contribution in [0.25, 0.3) is 0 Å². The molecule has 2 bridgehead atoms. The standard InChI is InChI=1S/C15H19ClFN3O2/c1-19-5-10-6-20(7-12(19)9-22-8-10)15(21)18-11-2-3-14(17)13(16)4-11/h2-4,10,12H,5-9H2,1H3,(H,18,21)/t10-,12+/m1/s1. The Hall–Kier alpha value is -1.37. The monoisotopic (exact) mass is 327 g/mol. The lowest BCUT2D eigenvalue weighted by Crippen LogP contribution is -2.46. The molecule has 2 fully saturated rings. The van der Waals surface area contributed by atoms with E-state index in [0.29, 0.717) is 37.9 Å². The number of urea groups is 1. The number of ether oxygens (including phenoxy) is 1. The smallest absolute Gasteiger partial charge is 0.321 e. The minimum absolute atomic E-state index is 0.00123. The summed E-state index contributed by atoms with van der Waals surface area (Å²) in [5.74, 6) is -0.192. The molecule has 1 N–H and O–H groups in total. The molecule has 0 unspecified atom stereocenters. The van der Waals surface area contributed by atoms with Crippen LogP contribution in [0.1, 0.15) is 0 Å². The molecular formula is C15H19ClFN3O2. The third-order valence-electron chi connectivity index (χ3n) is 4.20. The van der Waals surface area contributed by atoms with Crippen molar-refractivity contribution in [3.05, 3.63) is 29.0 Å². The first-order chi connectivity index (χ1) is 10.5. The molecule has 2 amide bonds. The predicted molar refractivity (Wildman–Crippen MR) is 82.7 cm³/mol. The Bertz CT molecular complexity index is 572. The Kier molecular flexibility index (Phi) is 4.52. The molecule has 0 radical (unpaired) electrons. The highest BCUT2D eigenvalue weighted by atomic mass is 35.5. The van der Waals surface area contributed by atoms with Crippen molar-refractivity contribution in [3.8, 4) is 0 Å². The van der Waals surface area contributed by atoms with Gasteiger partial charge in [0.05, 0.1) is 24.3 Å². The van der Waals surface area contributed by atoms with Gasteiger partial charge in [-0.15, -0.1) is 0 Å². The van der Waals surface area contributed by atoms with Crippen LogP contribution >= 0.6 is 11.6 Å². The van der Waals surface area contributed by atoms with Gasteiger partial charge in [-0.05, 0) is 25.2 Å². The van der Waals surface area contributed by atoms with Gasteiger partial charge in [-0.3, -0.25) is 4.90 Å². The number of nitrogens with zero attached hydrogens (tertiary/aromatic N) is 2. The molecule has 22 heavy (non-hydrogen) atoms. The summed E-state index contributed by atoms with van der Waals surface area (Å²) in [5, 5.41) is 2.79. The summed E-state index contributed by atoms with van der Waals surface area (Å²) in [6, 6.07) is 4.19. The number of likely N-dealkylation sites (N-methyl/N-ethyl adjacent to an activating group) is 1. The zero-order chi connectivity index (χ0) is 15.7. The van der Waals surface area contributed by atoms with Crippen molar-refractivity contribution < 1.29 is 13.9 Å². The Balaban J connectivity index is 1.70. The first-order valence-electron chi connectivity index (χ1n) is 7.32. The number of anilines is 1. The molecule has 0 spiro atoms. The number of rotatable bonds is 1. The number of halogens is 2. The van der Waals surface area contributed by atoms with Crippen LogP contribution in [0.2, 0.25) is 5.02 Å². The molecule has 2 aliphatic rings. The van der Waals surface area contributed by atoms with Gasteiger partial charge in [0.2, 0.25) is 0 Å². The maximum absolute atomic E-state index is 13.2. The number of nitrogens with one attached hydrogen (secondary N) is 1. The van der Waals surface area contributed by atoms with E-state index in [1.807, 2.05) is 0 Å². The van der Waals surface area contributed by atoms with E-state index in [1.165, 1.54) is 18.2 Å². The number of amides is 2. The van der Waals surface area contributed by atoms with E-state index in [-0.39, 0.29) is 17.1 Å². The van der Waals surface area contributed by atoms with E-state index in [0.717, 1.165) is 6.54 Å². The molecule has 2 aliphatic heterocycles. The molecular weight excluding hydrogens is 309 g/mol. The van der Waals surface area contributed by atoms with Crippen LogP contribution in [-0.2, 0) is 4.74 Å². The van der Waals surface area contributed by atoms with Crippen LogP contribution in [0.5, 0.6) is 0 Å². The molecule has 0 aromatic heterocycles. The fourth-order valence-electron chi connectivity index (χ4n) is 2.99. The zero-order valence-electron chi connectivity index (χ0n) is 12.4. The second-order valence-electron chi connectivity index (χ2n) is 5.96. The van der Waals surface area contributed by atoms with Gasteiger partial charge in [-0.1, -0.05) is 11.6 Å². The van der Waals surface area contributed by atoms with Gasteiger partial charge in [0, 0.05) is 31.2 Å². The maximum Gasteiger partial charge on any atom is 0.321 e. The van der Waals surface area contributed by atoms with E-state index in [9.17, 15) is 9.18 Å². The van der Waals surface area contributed by atoms with Crippen molar-refractivity contribution in [1.82, 2.24) is 9.80 Å². The summed E-state index contributed by atoms with van der Waals surface area (Å²) < 4.78 is 18.8. The normalized spacial score (nSPS) is 25.7. The quantitative estimate of drug-likeness (QED) is 0.860. The van der Waals surface area contributed by atoms with E-state index in [4.69, 9.17) is 16.3 Å². The van der Waals surface area contributed by atoms with Crippen molar-refractivity contribution in [2.75, 3.05) is 45.2 Å². The SMILES string of the molecule is CN1C[C@H]2COC[C@@H]1CN(C(=O)Nc1ccc(F)c(Cl)c1)C2. The van der Waals surface area contributed by atoms with Gasteiger partial charge in [-0.25, -0.2) is 9.18 Å². The zero-order valence-corrected chi connectivity index (χ0v) is 13.1. The maximum atomic E-state index is 13.2. The first kappa shape index (κ1) is 15.5. The number of fused-ring (bicyclic) bond motifs is 3. The number of benzene rings is 1. The van der Waals surface area contributed by atoms with Crippen LogP contribution in [0, 0.1) is 11.7 Å². The van der Waals surface area contributed by atoms with Crippen molar-refractivity contribution in [3.63, 3.8) is 0 Å². The number of hydrogen-bond acceptors (Lipinski definition) is 3. The van der Waals surface area contributed by atoms with Gasteiger partial charge in [0.25, 0.3) is 0 Å². The third kappa shape index (κ3) is 3.34. The summed E-state index contributed by atoms with van der Waals surface area (Å²) in [7, 11) is 2.06. The Labute approximate surface area is 134 Å². The highest BCUT2D eigenvalue weighted by molar-refractivity contribution is 6.31. The Morgan fingerprint density at radius 2 is 2.18 bits per heavy atom. The minimum Gasteiger partial charge on any atom is -0.379 e. The molecule has 2 atom stereocenters. The van der Waals surface area contributed by atoms with E-state index < -0.39 is 5.82 Å². The molecule has 5 nitrogen and oxygen atoms in total. The van der Waals surface area contributed by atoms with Gasteiger partial charge >= 0.3 is 6.03 Å². The third-order valence-corrected chi connectivity index (χ3v) is 4.49. The van der Waals surface area contributed by atoms with Gasteiger partial charge in [-0.2, -0.15) is 0 Å². The summed E-state index contributed by atoms with van der Waals surface area (Å²) >= 11 is 5.74. The fraction of sp³-hybridized carbons (Fsp3) is 0.533. The van der Waals surface area contributed by atoms with Crippen molar-refractivity contribution in [2.24, 2.45) is 5.92 Å².